The summed E-state index contributed by atoms with van der Waals surface area (Å²) >= 11 is 1.73. The summed E-state index contributed by atoms with van der Waals surface area (Å²) in [5.74, 6) is 1.35. The van der Waals surface area contributed by atoms with Crippen molar-refractivity contribution >= 4 is 23.3 Å². The predicted octanol–water partition coefficient (Wildman–Crippen LogP) is 4.35. The number of rotatable bonds is 6. The number of carbonyl (C=O) groups is 1. The molecule has 0 spiro atoms. The Kier molecular flexibility index (Phi) is 5.43. The highest BCUT2D eigenvalue weighted by Crippen LogP contribution is 2.23. The van der Waals surface area contributed by atoms with E-state index in [1.54, 1.807) is 16.7 Å². The lowest BCUT2D eigenvalue weighted by atomic mass is 10.1. The minimum absolute atomic E-state index is 0.0746. The van der Waals surface area contributed by atoms with Crippen molar-refractivity contribution in [3.8, 4) is 0 Å². The molecule has 0 aliphatic heterocycles. The number of thioether (sulfide) groups is 1. The Morgan fingerprint density at radius 2 is 1.96 bits per heavy atom. The molecule has 1 aromatic carbocycles. The Bertz CT molecular complexity index is 822. The molecule has 4 nitrogen and oxygen atoms in total. The first-order valence-corrected chi connectivity index (χ1v) is 9.42. The maximum atomic E-state index is 12.4. The number of carbonyl (C=O) groups excluding carboxylic acids is 1. The summed E-state index contributed by atoms with van der Waals surface area (Å²) < 4.78 is 2.03. The van der Waals surface area contributed by atoms with Crippen LogP contribution in [-0.2, 0) is 5.75 Å². The highest BCUT2D eigenvalue weighted by Gasteiger charge is 2.12. The molecule has 5 heteroatoms. The summed E-state index contributed by atoms with van der Waals surface area (Å²) in [5.41, 5.74) is 2.75. The van der Waals surface area contributed by atoms with E-state index >= 15 is 0 Å². The second kappa shape index (κ2) is 7.74. The topological polar surface area (TPSA) is 37.6 Å². The van der Waals surface area contributed by atoms with Gasteiger partial charge >= 0.3 is 0 Å². The fraction of sp³-hybridized carbons (Fsp3) is 0.300. The summed E-state index contributed by atoms with van der Waals surface area (Å²) in [6, 6.07) is 13.8. The van der Waals surface area contributed by atoms with Gasteiger partial charge in [0.05, 0.1) is 5.69 Å². The third kappa shape index (κ3) is 4.42. The minimum Gasteiger partial charge on any atom is -0.341 e. The van der Waals surface area contributed by atoms with Crippen LogP contribution in [0.3, 0.4) is 0 Å². The van der Waals surface area contributed by atoms with Gasteiger partial charge in [-0.2, -0.15) is 0 Å². The summed E-state index contributed by atoms with van der Waals surface area (Å²) in [4.78, 5) is 19.9. The van der Waals surface area contributed by atoms with E-state index in [1.165, 1.54) is 0 Å². The van der Waals surface area contributed by atoms with Crippen LogP contribution in [-0.4, -0.2) is 33.8 Å². The number of nitrogens with zero attached hydrogens (tertiary/aromatic N) is 3. The van der Waals surface area contributed by atoms with Crippen LogP contribution < -0.4 is 0 Å². The van der Waals surface area contributed by atoms with Crippen LogP contribution in [0.25, 0.3) is 5.65 Å². The molecule has 3 aromatic rings. The van der Waals surface area contributed by atoms with Crippen LogP contribution in [0.5, 0.6) is 0 Å². The van der Waals surface area contributed by atoms with Crippen molar-refractivity contribution < 1.29 is 4.79 Å². The van der Waals surface area contributed by atoms with Gasteiger partial charge in [0.25, 0.3) is 5.91 Å². The van der Waals surface area contributed by atoms with Crippen LogP contribution in [0.15, 0.2) is 59.8 Å². The van der Waals surface area contributed by atoms with Gasteiger partial charge in [0.1, 0.15) is 5.65 Å². The molecule has 0 fully saturated rings. The first-order valence-electron chi connectivity index (χ1n) is 8.44. The number of amides is 1. The fourth-order valence-corrected chi connectivity index (χ4v) is 3.54. The molecular weight excluding hydrogens is 330 g/mol. The zero-order valence-electron chi connectivity index (χ0n) is 14.8. The van der Waals surface area contributed by atoms with Crippen molar-refractivity contribution in [3.63, 3.8) is 0 Å². The van der Waals surface area contributed by atoms with Crippen molar-refractivity contribution in [2.45, 2.75) is 24.5 Å². The molecule has 0 bridgehead atoms. The maximum absolute atomic E-state index is 12.4. The van der Waals surface area contributed by atoms with Crippen molar-refractivity contribution in [2.24, 2.45) is 5.92 Å². The molecule has 2 aromatic heterocycles. The van der Waals surface area contributed by atoms with E-state index in [4.69, 9.17) is 0 Å². The number of hydrogen-bond acceptors (Lipinski definition) is 3. The van der Waals surface area contributed by atoms with Gasteiger partial charge < -0.3 is 9.30 Å². The average molecular weight is 353 g/mol. The SMILES string of the molecule is CC(C)CN(C)C(=O)c1ccc(SCc2cn3ccccc3n2)cc1. The second-order valence-corrected chi connectivity index (χ2v) is 7.64. The third-order valence-corrected chi connectivity index (χ3v) is 4.93. The zero-order chi connectivity index (χ0) is 17.8. The second-order valence-electron chi connectivity index (χ2n) is 6.59. The van der Waals surface area contributed by atoms with Gasteiger partial charge in [-0.05, 0) is 42.3 Å². The Balaban J connectivity index is 1.61. The van der Waals surface area contributed by atoms with Gasteiger partial charge in [0.2, 0.25) is 0 Å². The number of aromatic nitrogens is 2. The standard InChI is InChI=1S/C20H23N3OS/c1-15(2)12-22(3)20(24)16-7-9-18(10-8-16)25-14-17-13-23-11-5-4-6-19(23)21-17/h4-11,13,15H,12,14H2,1-3H3. The summed E-state index contributed by atoms with van der Waals surface area (Å²) in [7, 11) is 1.86. The smallest absolute Gasteiger partial charge is 0.253 e. The lowest BCUT2D eigenvalue weighted by Gasteiger charge is -2.19. The largest absolute Gasteiger partial charge is 0.341 e. The van der Waals surface area contributed by atoms with Crippen LogP contribution >= 0.6 is 11.8 Å². The van der Waals surface area contributed by atoms with Crippen molar-refractivity contribution in [1.82, 2.24) is 14.3 Å². The zero-order valence-corrected chi connectivity index (χ0v) is 15.7. The predicted molar refractivity (Wildman–Crippen MR) is 103 cm³/mol. The van der Waals surface area contributed by atoms with Crippen LogP contribution in [0, 0.1) is 5.92 Å². The van der Waals surface area contributed by atoms with Gasteiger partial charge in [-0.25, -0.2) is 4.98 Å². The Morgan fingerprint density at radius 1 is 1.20 bits per heavy atom. The molecule has 3 rings (SSSR count). The van der Waals surface area contributed by atoms with Gasteiger partial charge in [0, 0.05) is 42.2 Å². The van der Waals surface area contributed by atoms with Crippen molar-refractivity contribution in [3.05, 3.63) is 66.1 Å². The van der Waals surface area contributed by atoms with Crippen molar-refractivity contribution in [2.75, 3.05) is 13.6 Å². The first-order chi connectivity index (χ1) is 12.0. The van der Waals surface area contributed by atoms with Crippen molar-refractivity contribution in [1.29, 1.82) is 0 Å². The molecule has 2 heterocycles. The van der Waals surface area contributed by atoms with Crippen LogP contribution in [0.1, 0.15) is 29.9 Å². The van der Waals surface area contributed by atoms with Gasteiger partial charge in [-0.3, -0.25) is 4.79 Å². The summed E-state index contributed by atoms with van der Waals surface area (Å²) in [6.45, 7) is 4.99. The molecule has 130 valence electrons. The van der Waals surface area contributed by atoms with Gasteiger partial charge in [-0.15, -0.1) is 11.8 Å². The lowest BCUT2D eigenvalue weighted by Crippen LogP contribution is -2.30. The average Bonchev–Trinajstić information content (AvgIpc) is 3.02. The summed E-state index contributed by atoms with van der Waals surface area (Å²) in [5, 5.41) is 0. The molecule has 1 amide bonds. The Labute approximate surface area is 152 Å². The molecule has 25 heavy (non-hydrogen) atoms. The quantitative estimate of drug-likeness (QED) is 0.618. The molecular formula is C20H23N3OS. The molecule has 0 aliphatic rings. The number of benzene rings is 1. The third-order valence-electron chi connectivity index (χ3n) is 3.89. The van der Waals surface area contributed by atoms with Gasteiger partial charge in [0.15, 0.2) is 0 Å². The fourth-order valence-electron chi connectivity index (χ4n) is 2.76. The number of fused-ring (bicyclic) bond motifs is 1. The highest BCUT2D eigenvalue weighted by atomic mass is 32.2. The number of imidazole rings is 1. The Hall–Kier alpha value is -2.27. The first kappa shape index (κ1) is 17.5. The van der Waals surface area contributed by atoms with E-state index in [0.29, 0.717) is 5.92 Å². The number of hydrogen-bond donors (Lipinski definition) is 0. The van der Waals surface area contributed by atoms with E-state index in [0.717, 1.165) is 34.1 Å². The molecule has 0 atom stereocenters. The van der Waals surface area contributed by atoms with Crippen LogP contribution in [0.2, 0.25) is 0 Å². The Morgan fingerprint density at radius 3 is 2.64 bits per heavy atom. The van der Waals surface area contributed by atoms with E-state index in [1.807, 2.05) is 60.1 Å². The van der Waals surface area contributed by atoms with E-state index in [2.05, 4.69) is 25.0 Å². The highest BCUT2D eigenvalue weighted by molar-refractivity contribution is 7.98. The monoisotopic (exact) mass is 353 g/mol. The summed E-state index contributed by atoms with van der Waals surface area (Å²) in [6.07, 6.45) is 4.06. The molecule has 0 N–H and O–H groups in total. The molecule has 0 saturated heterocycles. The molecule has 0 unspecified atom stereocenters. The molecule has 0 radical (unpaired) electrons. The lowest BCUT2D eigenvalue weighted by molar-refractivity contribution is 0.0779. The normalized spacial score (nSPS) is 11.2. The maximum Gasteiger partial charge on any atom is 0.253 e. The minimum atomic E-state index is 0.0746. The van der Waals surface area contributed by atoms with Gasteiger partial charge in [-0.1, -0.05) is 19.9 Å². The van der Waals surface area contributed by atoms with E-state index < -0.39 is 0 Å². The van der Waals surface area contributed by atoms with Crippen LogP contribution in [0.4, 0.5) is 0 Å². The number of pyridine rings is 1. The van der Waals surface area contributed by atoms with E-state index in [9.17, 15) is 4.79 Å². The van der Waals surface area contributed by atoms with E-state index in [-0.39, 0.29) is 5.91 Å². The molecule has 0 aliphatic carbocycles. The molecule has 0 saturated carbocycles.